The first-order chi connectivity index (χ1) is 13.8. The smallest absolute Gasteiger partial charge is 0.345 e. The molecular formula is C22H25N3O4. The molecule has 152 valence electrons. The molecule has 0 bridgehead atoms. The molecule has 0 amide bonds. The summed E-state index contributed by atoms with van der Waals surface area (Å²) in [5.74, 6) is -1.93. The van der Waals surface area contributed by atoms with Crippen molar-refractivity contribution in [3.63, 3.8) is 0 Å². The molecule has 7 nitrogen and oxygen atoms in total. The average molecular weight is 395 g/mol. The molecule has 1 aromatic carbocycles. The Morgan fingerprint density at radius 2 is 2.14 bits per heavy atom. The van der Waals surface area contributed by atoms with E-state index in [0.717, 1.165) is 48.0 Å². The van der Waals surface area contributed by atoms with Gasteiger partial charge in [-0.2, -0.15) is 0 Å². The van der Waals surface area contributed by atoms with Gasteiger partial charge < -0.3 is 25.1 Å². The number of nitrogens with zero attached hydrogens (tertiary/aromatic N) is 1. The molecule has 7 heteroatoms. The first-order valence-electron chi connectivity index (χ1n) is 9.88. The van der Waals surface area contributed by atoms with Crippen molar-refractivity contribution in [3.05, 3.63) is 50.9 Å². The molecule has 1 aliphatic carbocycles. The third kappa shape index (κ3) is 2.93. The van der Waals surface area contributed by atoms with E-state index in [4.69, 9.17) is 0 Å². The predicted molar refractivity (Wildman–Crippen MR) is 112 cm³/mol. The van der Waals surface area contributed by atoms with Crippen molar-refractivity contribution in [2.75, 3.05) is 6.54 Å². The van der Waals surface area contributed by atoms with Crippen molar-refractivity contribution in [3.8, 4) is 17.0 Å². The number of nitrogens with one attached hydrogen (secondary N) is 2. The van der Waals surface area contributed by atoms with E-state index < -0.39 is 22.8 Å². The highest BCUT2D eigenvalue weighted by molar-refractivity contribution is 5.95. The van der Waals surface area contributed by atoms with Crippen LogP contribution in [0, 0.1) is 0 Å². The highest BCUT2D eigenvalue weighted by atomic mass is 16.4. The van der Waals surface area contributed by atoms with Crippen molar-refractivity contribution in [1.82, 2.24) is 14.9 Å². The van der Waals surface area contributed by atoms with E-state index in [1.54, 1.807) is 0 Å². The molecule has 0 saturated carbocycles. The minimum Gasteiger partial charge on any atom is -0.506 e. The molecule has 0 fully saturated rings. The van der Waals surface area contributed by atoms with Crippen molar-refractivity contribution >= 4 is 16.9 Å². The van der Waals surface area contributed by atoms with Gasteiger partial charge >= 0.3 is 5.97 Å². The Hall–Kier alpha value is -3.06. The highest BCUT2D eigenvalue weighted by Crippen LogP contribution is 2.43. The van der Waals surface area contributed by atoms with Crippen molar-refractivity contribution < 1.29 is 15.0 Å². The van der Waals surface area contributed by atoms with Crippen LogP contribution in [0.25, 0.3) is 22.2 Å². The number of carbonyl (C=O) groups is 1. The third-order valence-corrected chi connectivity index (χ3v) is 6.02. The number of fused-ring (bicyclic) bond motifs is 5. The summed E-state index contributed by atoms with van der Waals surface area (Å²) in [7, 11) is 2.04. The monoisotopic (exact) mass is 395 g/mol. The largest absolute Gasteiger partial charge is 0.506 e. The van der Waals surface area contributed by atoms with Gasteiger partial charge in [-0.25, -0.2) is 4.79 Å². The van der Waals surface area contributed by atoms with Gasteiger partial charge in [-0.1, -0.05) is 19.9 Å². The van der Waals surface area contributed by atoms with Crippen LogP contribution in [0.5, 0.6) is 5.75 Å². The average Bonchev–Trinajstić information content (AvgIpc) is 2.91. The van der Waals surface area contributed by atoms with Crippen LogP contribution in [0.3, 0.4) is 0 Å². The number of pyridine rings is 1. The van der Waals surface area contributed by atoms with Crippen molar-refractivity contribution in [1.29, 1.82) is 0 Å². The molecule has 1 atom stereocenters. The fourth-order valence-electron chi connectivity index (χ4n) is 4.45. The molecule has 0 unspecified atom stereocenters. The number of aromatic hydroxyl groups is 1. The molecule has 2 heterocycles. The van der Waals surface area contributed by atoms with Crippen LogP contribution in [-0.4, -0.2) is 32.3 Å². The normalized spacial score (nSPS) is 15.8. The number of aromatic nitrogens is 2. The minimum atomic E-state index is -1.42. The topological polar surface area (TPSA) is 107 Å². The summed E-state index contributed by atoms with van der Waals surface area (Å²) >= 11 is 0. The molecule has 4 rings (SSSR count). The summed E-state index contributed by atoms with van der Waals surface area (Å²) in [4.78, 5) is 26.6. The fraction of sp³-hybridized carbons (Fsp3) is 0.364. The summed E-state index contributed by atoms with van der Waals surface area (Å²) in [6.07, 6.45) is 1.52. The Balaban J connectivity index is 2.00. The van der Waals surface area contributed by atoms with Gasteiger partial charge in [0.05, 0.1) is 5.69 Å². The van der Waals surface area contributed by atoms with Gasteiger partial charge in [0.1, 0.15) is 5.75 Å². The Kier molecular flexibility index (Phi) is 4.70. The number of aromatic carboxylic acids is 1. The molecule has 0 spiro atoms. The number of carboxylic acids is 1. The van der Waals surface area contributed by atoms with Crippen molar-refractivity contribution in [2.45, 2.75) is 39.2 Å². The van der Waals surface area contributed by atoms with E-state index in [2.05, 4.69) is 27.9 Å². The molecule has 0 aliphatic heterocycles. The van der Waals surface area contributed by atoms with Gasteiger partial charge in [-0.3, -0.25) is 4.79 Å². The van der Waals surface area contributed by atoms with Gasteiger partial charge in [-0.05, 0) is 43.0 Å². The lowest BCUT2D eigenvalue weighted by Gasteiger charge is -2.16. The van der Waals surface area contributed by atoms with E-state index in [0.29, 0.717) is 11.3 Å². The lowest BCUT2D eigenvalue weighted by Crippen LogP contribution is -2.20. The van der Waals surface area contributed by atoms with Crippen LogP contribution in [0.4, 0.5) is 0 Å². The number of hydrogen-bond acceptors (Lipinski definition) is 4. The summed E-state index contributed by atoms with van der Waals surface area (Å²) in [5, 5.41) is 24.5. The van der Waals surface area contributed by atoms with E-state index in [1.807, 2.05) is 26.1 Å². The second-order valence-electron chi connectivity index (χ2n) is 7.71. The Labute approximate surface area is 168 Å². The maximum atomic E-state index is 12.4. The maximum Gasteiger partial charge on any atom is 0.345 e. The maximum absolute atomic E-state index is 12.4. The quantitative estimate of drug-likeness (QED) is 0.543. The van der Waals surface area contributed by atoms with Crippen LogP contribution >= 0.6 is 0 Å². The van der Waals surface area contributed by atoms with Gasteiger partial charge in [-0.15, -0.1) is 0 Å². The molecule has 2 aromatic heterocycles. The molecule has 1 aliphatic rings. The van der Waals surface area contributed by atoms with Crippen LogP contribution in [0.1, 0.15) is 53.4 Å². The molecule has 0 radical (unpaired) electrons. The zero-order valence-electron chi connectivity index (χ0n) is 16.8. The van der Waals surface area contributed by atoms with Gasteiger partial charge in [0.25, 0.3) is 5.56 Å². The first kappa shape index (κ1) is 19.3. The molecule has 0 saturated heterocycles. The number of carboxylic acid groups (broad SMARTS) is 1. The van der Waals surface area contributed by atoms with Crippen molar-refractivity contribution in [2.24, 2.45) is 7.05 Å². The molecule has 3 aromatic rings. The molecule has 29 heavy (non-hydrogen) atoms. The Bertz CT molecular complexity index is 1190. The number of aryl methyl sites for hydroxylation is 2. The van der Waals surface area contributed by atoms with E-state index in [-0.39, 0.29) is 5.92 Å². The number of H-pyrrole nitrogens is 1. The number of aromatic amines is 1. The second-order valence-corrected chi connectivity index (χ2v) is 7.71. The first-order valence-corrected chi connectivity index (χ1v) is 9.88. The standard InChI is InChI=1S/C22H25N3O4/c1-4-23-10-12-9-15-13-6-5-11(2)17-19(14(13)7-8-16(15)25(12)3)24-21(27)18(20(17)26)22(28)29/h7-9,11,23H,4-6,10H2,1-3H3,(H,28,29)(H2,24,26,27)/t11-/m0/s1. The lowest BCUT2D eigenvalue weighted by molar-refractivity contribution is 0.0691. The van der Waals surface area contributed by atoms with E-state index >= 15 is 0 Å². The number of hydrogen-bond donors (Lipinski definition) is 4. The van der Waals surface area contributed by atoms with Gasteiger partial charge in [0.2, 0.25) is 0 Å². The van der Waals surface area contributed by atoms with Gasteiger partial charge in [0.15, 0.2) is 5.56 Å². The predicted octanol–water partition coefficient (Wildman–Crippen LogP) is 3.10. The van der Waals surface area contributed by atoms with E-state index in [9.17, 15) is 19.8 Å². The van der Waals surface area contributed by atoms with Gasteiger partial charge in [0, 0.05) is 41.3 Å². The summed E-state index contributed by atoms with van der Waals surface area (Å²) in [5.41, 5.74) is 3.90. The van der Waals surface area contributed by atoms with Crippen LogP contribution in [0.15, 0.2) is 23.0 Å². The van der Waals surface area contributed by atoms with Crippen LogP contribution in [0.2, 0.25) is 0 Å². The van der Waals surface area contributed by atoms with E-state index in [1.165, 1.54) is 5.69 Å². The number of rotatable bonds is 4. The Morgan fingerprint density at radius 3 is 2.83 bits per heavy atom. The SMILES string of the molecule is CCNCc1cc2c3c(ccc2n1C)-c1[nH]c(=O)c(C(=O)O)c(O)c1[C@@H](C)CC3. The zero-order chi connectivity index (χ0) is 20.9. The van der Waals surface area contributed by atoms with Crippen LogP contribution in [-0.2, 0) is 20.0 Å². The molecular weight excluding hydrogens is 370 g/mol. The molecule has 4 N–H and O–H groups in total. The lowest BCUT2D eigenvalue weighted by atomic mass is 9.93. The third-order valence-electron chi connectivity index (χ3n) is 6.02. The highest BCUT2D eigenvalue weighted by Gasteiger charge is 2.29. The fourth-order valence-corrected chi connectivity index (χ4v) is 4.45. The minimum absolute atomic E-state index is 0.0904. The second kappa shape index (κ2) is 7.08. The number of benzene rings is 1. The summed E-state index contributed by atoms with van der Waals surface area (Å²) < 4.78 is 2.17. The zero-order valence-corrected chi connectivity index (χ0v) is 16.8. The summed E-state index contributed by atoms with van der Waals surface area (Å²) in [6, 6.07) is 6.15. The van der Waals surface area contributed by atoms with Crippen LogP contribution < -0.4 is 10.9 Å². The Morgan fingerprint density at radius 1 is 1.38 bits per heavy atom. The summed E-state index contributed by atoms with van der Waals surface area (Å²) in [6.45, 7) is 5.67.